The summed E-state index contributed by atoms with van der Waals surface area (Å²) in [6.45, 7) is 3.82. The zero-order valence-corrected chi connectivity index (χ0v) is 18.8. The zero-order valence-electron chi connectivity index (χ0n) is 18.0. The number of nitrogens with zero attached hydrogens (tertiary/aromatic N) is 4. The summed E-state index contributed by atoms with van der Waals surface area (Å²) in [5, 5.41) is 16.1. The Bertz CT molecular complexity index is 1200. The van der Waals surface area contributed by atoms with Gasteiger partial charge in [-0.25, -0.2) is 0 Å². The maximum Gasteiger partial charge on any atom is 0.226 e. The molecule has 0 aliphatic carbocycles. The molecular formula is C23H23N5O3S. The van der Waals surface area contributed by atoms with Gasteiger partial charge in [-0.2, -0.15) is 0 Å². The van der Waals surface area contributed by atoms with Crippen LogP contribution in [-0.4, -0.2) is 38.7 Å². The van der Waals surface area contributed by atoms with E-state index in [1.165, 1.54) is 17.3 Å². The molecule has 0 spiro atoms. The van der Waals surface area contributed by atoms with Crippen LogP contribution in [0.25, 0.3) is 17.1 Å². The molecule has 0 saturated carbocycles. The number of carbonyl (C=O) groups excluding carboxylic acids is 1. The van der Waals surface area contributed by atoms with Crippen LogP contribution in [0.15, 0.2) is 64.3 Å². The van der Waals surface area contributed by atoms with Gasteiger partial charge in [-0.15, -0.1) is 10.2 Å². The molecule has 0 saturated heterocycles. The molecule has 8 nitrogen and oxygen atoms in total. The first-order valence-corrected chi connectivity index (χ1v) is 11.0. The van der Waals surface area contributed by atoms with Crippen molar-refractivity contribution in [3.05, 3.63) is 65.9 Å². The van der Waals surface area contributed by atoms with Crippen molar-refractivity contribution in [1.29, 1.82) is 0 Å². The summed E-state index contributed by atoms with van der Waals surface area (Å²) in [6.07, 6.45) is 0.301. The molecule has 0 unspecified atom stereocenters. The minimum atomic E-state index is -0.137. The fourth-order valence-electron chi connectivity index (χ4n) is 3.08. The number of anilines is 1. The van der Waals surface area contributed by atoms with E-state index < -0.39 is 0 Å². The SMILES string of the molecule is COc1ccc(-c2nnc(SCCC(=O)Nc3cc(C)on3)n2-c2ccc(C)cc2)cc1. The minimum Gasteiger partial charge on any atom is -0.497 e. The molecule has 0 atom stereocenters. The summed E-state index contributed by atoms with van der Waals surface area (Å²) in [5.41, 5.74) is 3.04. The number of carbonyl (C=O) groups is 1. The summed E-state index contributed by atoms with van der Waals surface area (Å²) >= 11 is 1.47. The average Bonchev–Trinajstić information content (AvgIpc) is 3.40. The number of methoxy groups -OCH3 is 1. The molecule has 4 rings (SSSR count). The number of aryl methyl sites for hydroxylation is 2. The van der Waals surface area contributed by atoms with E-state index >= 15 is 0 Å². The van der Waals surface area contributed by atoms with Gasteiger partial charge in [0.05, 0.1) is 7.11 Å². The first-order chi connectivity index (χ1) is 15.5. The van der Waals surface area contributed by atoms with Crippen molar-refractivity contribution >= 4 is 23.5 Å². The first-order valence-electron chi connectivity index (χ1n) is 10.1. The second-order valence-electron chi connectivity index (χ2n) is 7.18. The molecule has 164 valence electrons. The largest absolute Gasteiger partial charge is 0.497 e. The van der Waals surface area contributed by atoms with Crippen LogP contribution in [0, 0.1) is 13.8 Å². The highest BCUT2D eigenvalue weighted by Gasteiger charge is 2.17. The molecule has 0 bridgehead atoms. The topological polar surface area (TPSA) is 95.1 Å². The third kappa shape index (κ3) is 5.00. The second kappa shape index (κ2) is 9.69. The lowest BCUT2D eigenvalue weighted by atomic mass is 10.2. The zero-order chi connectivity index (χ0) is 22.5. The molecule has 2 aromatic heterocycles. The van der Waals surface area contributed by atoms with E-state index in [4.69, 9.17) is 9.26 Å². The molecule has 2 heterocycles. The van der Waals surface area contributed by atoms with Gasteiger partial charge >= 0.3 is 0 Å². The number of benzene rings is 2. The number of rotatable bonds is 8. The van der Waals surface area contributed by atoms with Crippen molar-refractivity contribution in [2.45, 2.75) is 25.4 Å². The highest BCUT2D eigenvalue weighted by atomic mass is 32.2. The van der Waals surface area contributed by atoms with Crippen LogP contribution in [0.2, 0.25) is 0 Å². The summed E-state index contributed by atoms with van der Waals surface area (Å²) < 4.78 is 12.2. The molecule has 0 fully saturated rings. The summed E-state index contributed by atoms with van der Waals surface area (Å²) in [5.74, 6) is 2.96. The Kier molecular flexibility index (Phi) is 6.55. The van der Waals surface area contributed by atoms with Gasteiger partial charge in [-0.3, -0.25) is 9.36 Å². The highest BCUT2D eigenvalue weighted by molar-refractivity contribution is 7.99. The first kappa shape index (κ1) is 21.6. The standard InChI is InChI=1S/C23H23N5O3S/c1-15-4-8-18(9-5-15)28-22(17-6-10-19(30-3)11-7-17)25-26-23(28)32-13-12-21(29)24-20-14-16(2)31-27-20/h4-11,14H,12-13H2,1-3H3,(H,24,27,29). The maximum absolute atomic E-state index is 12.2. The van der Waals surface area contributed by atoms with Gasteiger partial charge in [0.15, 0.2) is 16.8 Å². The maximum atomic E-state index is 12.2. The van der Waals surface area contributed by atoms with Gasteiger partial charge in [0.2, 0.25) is 5.91 Å². The molecule has 4 aromatic rings. The van der Waals surface area contributed by atoms with Crippen LogP contribution >= 0.6 is 11.8 Å². The van der Waals surface area contributed by atoms with E-state index in [0.717, 1.165) is 22.8 Å². The third-order valence-electron chi connectivity index (χ3n) is 4.73. The lowest BCUT2D eigenvalue weighted by Gasteiger charge is -2.11. The van der Waals surface area contributed by atoms with Crippen LogP contribution in [0.4, 0.5) is 5.82 Å². The van der Waals surface area contributed by atoms with E-state index in [0.29, 0.717) is 28.9 Å². The van der Waals surface area contributed by atoms with E-state index in [2.05, 4.69) is 32.8 Å². The van der Waals surface area contributed by atoms with Crippen molar-refractivity contribution in [3.63, 3.8) is 0 Å². The molecule has 1 amide bonds. The molecule has 0 aliphatic rings. The van der Waals surface area contributed by atoms with Gasteiger partial charge in [-0.05, 0) is 50.2 Å². The second-order valence-corrected chi connectivity index (χ2v) is 8.24. The lowest BCUT2D eigenvalue weighted by molar-refractivity contribution is -0.115. The summed E-state index contributed by atoms with van der Waals surface area (Å²) in [4.78, 5) is 12.2. The predicted octanol–water partition coefficient (Wildman–Crippen LogP) is 4.67. The van der Waals surface area contributed by atoms with Gasteiger partial charge in [0.1, 0.15) is 11.5 Å². The monoisotopic (exact) mass is 449 g/mol. The smallest absolute Gasteiger partial charge is 0.226 e. The highest BCUT2D eigenvalue weighted by Crippen LogP contribution is 2.29. The van der Waals surface area contributed by atoms with Crippen molar-refractivity contribution in [2.75, 3.05) is 18.2 Å². The van der Waals surface area contributed by atoms with E-state index in [9.17, 15) is 4.79 Å². The Balaban J connectivity index is 1.53. The number of amides is 1. The van der Waals surface area contributed by atoms with E-state index in [-0.39, 0.29) is 5.91 Å². The quantitative estimate of drug-likeness (QED) is 0.391. The number of ether oxygens (including phenoxy) is 1. The fraction of sp³-hybridized carbons (Fsp3) is 0.217. The Morgan fingerprint density at radius 3 is 2.50 bits per heavy atom. The third-order valence-corrected chi connectivity index (χ3v) is 5.66. The predicted molar refractivity (Wildman–Crippen MR) is 123 cm³/mol. The molecule has 9 heteroatoms. The van der Waals surface area contributed by atoms with Gasteiger partial charge in [0, 0.05) is 29.5 Å². The average molecular weight is 450 g/mol. The number of hydrogen-bond donors (Lipinski definition) is 1. The van der Waals surface area contributed by atoms with Crippen molar-refractivity contribution < 1.29 is 14.1 Å². The van der Waals surface area contributed by atoms with Gasteiger partial charge in [-0.1, -0.05) is 34.6 Å². The Morgan fingerprint density at radius 2 is 1.84 bits per heavy atom. The number of nitrogens with one attached hydrogen (secondary N) is 1. The van der Waals surface area contributed by atoms with Crippen molar-refractivity contribution in [2.24, 2.45) is 0 Å². The molecule has 1 N–H and O–H groups in total. The van der Waals surface area contributed by atoms with Crippen LogP contribution in [-0.2, 0) is 4.79 Å². The van der Waals surface area contributed by atoms with Crippen LogP contribution in [0.1, 0.15) is 17.7 Å². The number of hydrogen-bond acceptors (Lipinski definition) is 7. The van der Waals surface area contributed by atoms with Crippen molar-refractivity contribution in [3.8, 4) is 22.8 Å². The van der Waals surface area contributed by atoms with Crippen LogP contribution in [0.5, 0.6) is 5.75 Å². The summed E-state index contributed by atoms with van der Waals surface area (Å²) in [6, 6.07) is 17.6. The van der Waals surface area contributed by atoms with Crippen molar-refractivity contribution in [1.82, 2.24) is 19.9 Å². The lowest BCUT2D eigenvalue weighted by Crippen LogP contribution is -2.12. The normalized spacial score (nSPS) is 10.8. The van der Waals surface area contributed by atoms with Gasteiger partial charge < -0.3 is 14.6 Å². The minimum absolute atomic E-state index is 0.137. The van der Waals surface area contributed by atoms with E-state index in [1.807, 2.05) is 47.9 Å². The molecule has 0 aliphatic heterocycles. The number of thioether (sulfide) groups is 1. The fourth-order valence-corrected chi connectivity index (χ4v) is 3.97. The van der Waals surface area contributed by atoms with Gasteiger partial charge in [0.25, 0.3) is 0 Å². The number of aromatic nitrogens is 4. The molecule has 32 heavy (non-hydrogen) atoms. The summed E-state index contributed by atoms with van der Waals surface area (Å²) in [7, 11) is 1.64. The van der Waals surface area contributed by atoms with Crippen LogP contribution in [0.3, 0.4) is 0 Å². The molecule has 0 radical (unpaired) electrons. The van der Waals surface area contributed by atoms with Crippen LogP contribution < -0.4 is 10.1 Å². The molecule has 2 aromatic carbocycles. The Morgan fingerprint density at radius 1 is 1.09 bits per heavy atom. The van der Waals surface area contributed by atoms with E-state index in [1.54, 1.807) is 20.1 Å². The Labute approximate surface area is 190 Å². The molecular weight excluding hydrogens is 426 g/mol. The Hall–Kier alpha value is -3.59.